The number of fused-ring (bicyclic) bond motifs is 2. The summed E-state index contributed by atoms with van der Waals surface area (Å²) in [6.45, 7) is 0. The molecule has 4 rings (SSSR count). The third-order valence-corrected chi connectivity index (χ3v) is 3.18. The van der Waals surface area contributed by atoms with Crippen LogP contribution >= 0.6 is 0 Å². The van der Waals surface area contributed by atoms with Crippen LogP contribution in [-0.2, 0) is 16.8 Å². The van der Waals surface area contributed by atoms with Crippen molar-refractivity contribution in [2.24, 2.45) is 0 Å². The standard InChI is InChI=1S/2C8H6N2O2.Co/c2*11-8(12)7-9-5-3-1-2-4-6(5)10-7;/h2*1-4H,(H,9,10)(H,11,12);. The molecule has 2 heterocycles. The Morgan fingerprint density at radius 3 is 1.40 bits per heavy atom. The summed E-state index contributed by atoms with van der Waals surface area (Å²) in [5.74, 6) is -2.11. The number of benzene rings is 2. The number of carboxylic acid groups (broad SMARTS) is 2. The van der Waals surface area contributed by atoms with E-state index in [1.165, 1.54) is 0 Å². The van der Waals surface area contributed by atoms with Gasteiger partial charge in [0.15, 0.2) is 0 Å². The van der Waals surface area contributed by atoms with Crippen molar-refractivity contribution in [2.75, 3.05) is 0 Å². The van der Waals surface area contributed by atoms with Crippen molar-refractivity contribution >= 4 is 34.0 Å². The van der Waals surface area contributed by atoms with Gasteiger partial charge in [-0.05, 0) is 24.3 Å². The van der Waals surface area contributed by atoms with Crippen molar-refractivity contribution in [1.82, 2.24) is 19.9 Å². The molecule has 4 aromatic rings. The molecule has 129 valence electrons. The van der Waals surface area contributed by atoms with Crippen LogP contribution in [0, 0.1) is 0 Å². The third kappa shape index (κ3) is 4.02. The molecule has 0 fully saturated rings. The van der Waals surface area contributed by atoms with Gasteiger partial charge in [-0.2, -0.15) is 0 Å². The minimum absolute atomic E-state index is 0. The van der Waals surface area contributed by atoms with E-state index < -0.39 is 11.9 Å². The van der Waals surface area contributed by atoms with E-state index in [0.717, 1.165) is 11.0 Å². The first kappa shape index (κ1) is 18.2. The van der Waals surface area contributed by atoms with Gasteiger partial charge in [0, 0.05) is 16.8 Å². The molecule has 0 saturated carbocycles. The SMILES string of the molecule is O=C(O)c1nc2ccccc2[nH]1.O=C(O)c1nc2ccccc2[nH]1.[Co]. The Hall–Kier alpha value is -3.17. The maximum Gasteiger partial charge on any atom is 0.371 e. The first-order valence-corrected chi connectivity index (χ1v) is 6.90. The molecule has 1 radical (unpaired) electrons. The van der Waals surface area contributed by atoms with Crippen LogP contribution in [0.15, 0.2) is 48.5 Å². The summed E-state index contributed by atoms with van der Waals surface area (Å²) in [5.41, 5.74) is 2.84. The van der Waals surface area contributed by atoms with Gasteiger partial charge >= 0.3 is 11.9 Å². The Morgan fingerprint density at radius 2 is 1.08 bits per heavy atom. The predicted octanol–water partition coefficient (Wildman–Crippen LogP) is 2.52. The average Bonchev–Trinajstić information content (AvgIpc) is 3.19. The molecule has 9 heteroatoms. The number of hydrogen-bond donors (Lipinski definition) is 4. The fourth-order valence-electron chi connectivity index (χ4n) is 2.11. The number of aromatic carboxylic acids is 2. The van der Waals surface area contributed by atoms with E-state index in [0.29, 0.717) is 11.0 Å². The van der Waals surface area contributed by atoms with Gasteiger partial charge in [-0.25, -0.2) is 19.6 Å². The molecule has 2 aromatic heterocycles. The molecule has 0 atom stereocenters. The maximum atomic E-state index is 10.5. The average molecular weight is 383 g/mol. The van der Waals surface area contributed by atoms with Crippen molar-refractivity contribution in [3.63, 3.8) is 0 Å². The van der Waals surface area contributed by atoms with Crippen LogP contribution in [-0.4, -0.2) is 42.1 Å². The molecular formula is C16H12CoN4O4. The van der Waals surface area contributed by atoms with Gasteiger partial charge in [-0.1, -0.05) is 24.3 Å². The zero-order chi connectivity index (χ0) is 17.1. The second-order valence-corrected chi connectivity index (χ2v) is 4.82. The van der Waals surface area contributed by atoms with Crippen molar-refractivity contribution in [2.45, 2.75) is 0 Å². The molecular weight excluding hydrogens is 371 g/mol. The fraction of sp³-hybridized carbons (Fsp3) is 0. The van der Waals surface area contributed by atoms with Crippen molar-refractivity contribution in [1.29, 1.82) is 0 Å². The summed E-state index contributed by atoms with van der Waals surface area (Å²) in [4.78, 5) is 34.0. The van der Waals surface area contributed by atoms with E-state index in [-0.39, 0.29) is 28.4 Å². The number of nitrogens with zero attached hydrogens (tertiary/aromatic N) is 2. The summed E-state index contributed by atoms with van der Waals surface area (Å²) in [7, 11) is 0. The van der Waals surface area contributed by atoms with E-state index in [1.807, 2.05) is 24.3 Å². The number of carbonyl (C=O) groups is 2. The van der Waals surface area contributed by atoms with Crippen molar-refractivity contribution < 1.29 is 36.6 Å². The number of H-pyrrole nitrogens is 2. The smallest absolute Gasteiger partial charge is 0.371 e. The van der Waals surface area contributed by atoms with Gasteiger partial charge in [0.25, 0.3) is 0 Å². The van der Waals surface area contributed by atoms with E-state index in [2.05, 4.69) is 19.9 Å². The normalized spacial score (nSPS) is 9.92. The van der Waals surface area contributed by atoms with Crippen molar-refractivity contribution in [3.05, 3.63) is 60.2 Å². The zero-order valence-corrected chi connectivity index (χ0v) is 13.6. The van der Waals surface area contributed by atoms with E-state index in [9.17, 15) is 9.59 Å². The van der Waals surface area contributed by atoms with Crippen LogP contribution in [0.2, 0.25) is 0 Å². The molecule has 2 aromatic carbocycles. The number of aromatic nitrogens is 4. The van der Waals surface area contributed by atoms with E-state index in [1.54, 1.807) is 24.3 Å². The van der Waals surface area contributed by atoms with Gasteiger partial charge in [0.1, 0.15) is 0 Å². The minimum atomic E-state index is -1.04. The second-order valence-electron chi connectivity index (χ2n) is 4.82. The molecule has 0 aliphatic heterocycles. The van der Waals surface area contributed by atoms with Crippen LogP contribution in [0.3, 0.4) is 0 Å². The van der Waals surface area contributed by atoms with Crippen LogP contribution in [0.5, 0.6) is 0 Å². The first-order valence-electron chi connectivity index (χ1n) is 6.90. The topological polar surface area (TPSA) is 132 Å². The van der Waals surface area contributed by atoms with Crippen LogP contribution in [0.1, 0.15) is 21.2 Å². The number of carboxylic acids is 2. The van der Waals surface area contributed by atoms with Crippen LogP contribution < -0.4 is 0 Å². The Balaban J connectivity index is 0.000000173. The number of rotatable bonds is 2. The van der Waals surface area contributed by atoms with Crippen LogP contribution in [0.4, 0.5) is 0 Å². The van der Waals surface area contributed by atoms with Gasteiger partial charge in [0.05, 0.1) is 22.1 Å². The summed E-state index contributed by atoms with van der Waals surface area (Å²) in [5, 5.41) is 17.2. The van der Waals surface area contributed by atoms with Gasteiger partial charge < -0.3 is 20.2 Å². The summed E-state index contributed by atoms with van der Waals surface area (Å²) >= 11 is 0. The van der Waals surface area contributed by atoms with Gasteiger partial charge in [0.2, 0.25) is 11.6 Å². The van der Waals surface area contributed by atoms with Crippen LogP contribution in [0.25, 0.3) is 22.1 Å². The Labute approximate surface area is 151 Å². The maximum absolute atomic E-state index is 10.5. The zero-order valence-electron chi connectivity index (χ0n) is 12.6. The quantitative estimate of drug-likeness (QED) is 0.421. The number of hydrogen-bond acceptors (Lipinski definition) is 4. The number of para-hydroxylation sites is 4. The van der Waals surface area contributed by atoms with Gasteiger partial charge in [-0.3, -0.25) is 0 Å². The number of aromatic amines is 2. The second kappa shape index (κ2) is 7.60. The minimum Gasteiger partial charge on any atom is -0.475 e. The van der Waals surface area contributed by atoms with Gasteiger partial charge in [-0.15, -0.1) is 0 Å². The fourth-order valence-corrected chi connectivity index (χ4v) is 2.11. The molecule has 0 aliphatic rings. The number of nitrogens with one attached hydrogen (secondary N) is 2. The van der Waals surface area contributed by atoms with E-state index in [4.69, 9.17) is 10.2 Å². The predicted molar refractivity (Wildman–Crippen MR) is 86.1 cm³/mol. The first-order chi connectivity index (χ1) is 11.5. The molecule has 25 heavy (non-hydrogen) atoms. The van der Waals surface area contributed by atoms with E-state index >= 15 is 0 Å². The molecule has 8 nitrogen and oxygen atoms in total. The Bertz CT molecular complexity index is 891. The summed E-state index contributed by atoms with van der Waals surface area (Å²) < 4.78 is 0. The number of imidazole rings is 2. The monoisotopic (exact) mass is 383 g/mol. The summed E-state index contributed by atoms with van der Waals surface area (Å²) in [6.07, 6.45) is 0. The Kier molecular flexibility index (Phi) is 5.52. The summed E-state index contributed by atoms with van der Waals surface area (Å²) in [6, 6.07) is 14.4. The van der Waals surface area contributed by atoms with Crippen molar-refractivity contribution in [3.8, 4) is 0 Å². The largest absolute Gasteiger partial charge is 0.475 e. The molecule has 4 N–H and O–H groups in total. The molecule has 0 unspecified atom stereocenters. The third-order valence-electron chi connectivity index (χ3n) is 3.18. The Morgan fingerprint density at radius 1 is 0.720 bits per heavy atom. The molecule has 0 bridgehead atoms. The molecule has 0 saturated heterocycles. The molecule has 0 spiro atoms. The molecule has 0 amide bonds. The molecule has 0 aliphatic carbocycles.